The van der Waals surface area contributed by atoms with E-state index in [2.05, 4.69) is 60.8 Å². The van der Waals surface area contributed by atoms with Crippen molar-refractivity contribution < 1.29 is 16.8 Å². The van der Waals surface area contributed by atoms with Gasteiger partial charge in [0.2, 0.25) is 20.0 Å². The van der Waals surface area contributed by atoms with E-state index in [0.717, 1.165) is 63.2 Å². The number of sulfonamides is 2. The highest BCUT2D eigenvalue weighted by atomic mass is 32.2. The zero-order valence-corrected chi connectivity index (χ0v) is 26.7. The van der Waals surface area contributed by atoms with Gasteiger partial charge >= 0.3 is 0 Å². The Morgan fingerprint density at radius 1 is 0.575 bits per heavy atom. The number of nitrogens with one attached hydrogen (secondary N) is 2. The van der Waals surface area contributed by atoms with Gasteiger partial charge in [-0.2, -0.15) is 0 Å². The molecule has 2 aromatic rings. The molecule has 1 heterocycles. The smallest absolute Gasteiger partial charge is 0.240 e. The molecule has 2 N–H and O–H groups in total. The zero-order chi connectivity index (χ0) is 29.6. The van der Waals surface area contributed by atoms with Crippen molar-refractivity contribution >= 4 is 20.0 Å². The molecule has 0 spiro atoms. The number of hydrogen-bond acceptors (Lipinski definition) is 6. The first-order valence-electron chi connectivity index (χ1n) is 14.2. The SMILES string of the molecule is CC(C)(C)c1ccc(S(=O)(=O)NCCCN2CCN(CCCNS(=O)(=O)c3ccc(C(C)(C)C)cc3)CC2)cc1. The van der Waals surface area contributed by atoms with Crippen molar-refractivity contribution in [3.8, 4) is 0 Å². The molecule has 1 saturated heterocycles. The fourth-order valence-corrected chi connectivity index (χ4v) is 6.84. The van der Waals surface area contributed by atoms with Crippen molar-refractivity contribution in [2.45, 2.75) is 75.0 Å². The van der Waals surface area contributed by atoms with Gasteiger partial charge in [-0.25, -0.2) is 26.3 Å². The zero-order valence-electron chi connectivity index (χ0n) is 25.0. The molecule has 0 bridgehead atoms. The fourth-order valence-electron chi connectivity index (χ4n) is 4.69. The topological polar surface area (TPSA) is 98.8 Å². The van der Waals surface area contributed by atoms with Crippen molar-refractivity contribution in [1.82, 2.24) is 19.2 Å². The Bertz CT molecular complexity index is 1180. The standard InChI is InChI=1S/C30H48N4O4S2/c1-29(2,3)25-9-13-27(14-10-25)39(35,36)31-17-7-19-33-21-23-34(24-22-33)20-8-18-32-40(37,38)28-15-11-26(12-16-28)30(4,5)6/h9-16,31-32H,7-8,17-24H2,1-6H3. The highest BCUT2D eigenvalue weighted by Gasteiger charge is 2.20. The molecule has 0 aliphatic carbocycles. The quantitative estimate of drug-likeness (QED) is 0.363. The number of rotatable bonds is 12. The predicted octanol–water partition coefficient (Wildman–Crippen LogP) is 3.94. The van der Waals surface area contributed by atoms with Crippen LogP contribution in [-0.2, 0) is 30.9 Å². The minimum Gasteiger partial charge on any atom is -0.301 e. The summed E-state index contributed by atoms with van der Waals surface area (Å²) in [6, 6.07) is 14.2. The van der Waals surface area contributed by atoms with Gasteiger partial charge in [-0.3, -0.25) is 0 Å². The maximum absolute atomic E-state index is 12.6. The lowest BCUT2D eigenvalue weighted by Gasteiger charge is -2.34. The third kappa shape index (κ3) is 9.63. The first-order valence-corrected chi connectivity index (χ1v) is 17.2. The second-order valence-electron chi connectivity index (χ2n) is 12.7. The first kappa shape index (κ1) is 32.7. The molecule has 224 valence electrons. The maximum Gasteiger partial charge on any atom is 0.240 e. The molecule has 2 aromatic carbocycles. The molecule has 1 fully saturated rings. The molecular formula is C30H48N4O4S2. The summed E-state index contributed by atoms with van der Waals surface area (Å²) in [5, 5.41) is 0. The van der Waals surface area contributed by atoms with Crippen LogP contribution in [0.2, 0.25) is 0 Å². The fraction of sp³-hybridized carbons (Fsp3) is 0.600. The number of nitrogens with zero attached hydrogens (tertiary/aromatic N) is 2. The summed E-state index contributed by atoms with van der Waals surface area (Å²) in [6.45, 7) is 18.8. The van der Waals surface area contributed by atoms with E-state index in [1.165, 1.54) is 0 Å². The molecule has 8 nitrogen and oxygen atoms in total. The van der Waals surface area contributed by atoms with Gasteiger partial charge in [0, 0.05) is 39.3 Å². The van der Waals surface area contributed by atoms with E-state index in [9.17, 15) is 16.8 Å². The van der Waals surface area contributed by atoms with E-state index in [0.29, 0.717) is 22.9 Å². The summed E-state index contributed by atoms with van der Waals surface area (Å²) in [5.74, 6) is 0. The van der Waals surface area contributed by atoms with Crippen molar-refractivity contribution in [2.75, 3.05) is 52.4 Å². The average molecular weight is 593 g/mol. The van der Waals surface area contributed by atoms with E-state index in [1.807, 2.05) is 24.3 Å². The Hall–Kier alpha value is -1.82. The molecular weight excluding hydrogens is 544 g/mol. The summed E-state index contributed by atoms with van der Waals surface area (Å²) < 4.78 is 56.0. The van der Waals surface area contributed by atoms with Crippen LogP contribution < -0.4 is 9.44 Å². The largest absolute Gasteiger partial charge is 0.301 e. The van der Waals surface area contributed by atoms with Gasteiger partial charge in [0.1, 0.15) is 0 Å². The Morgan fingerprint density at radius 3 is 1.15 bits per heavy atom. The molecule has 1 aliphatic rings. The summed E-state index contributed by atoms with van der Waals surface area (Å²) in [5.41, 5.74) is 2.18. The number of piperazine rings is 1. The summed E-state index contributed by atoms with van der Waals surface area (Å²) in [6.07, 6.45) is 1.50. The highest BCUT2D eigenvalue weighted by molar-refractivity contribution is 7.89. The highest BCUT2D eigenvalue weighted by Crippen LogP contribution is 2.24. The van der Waals surface area contributed by atoms with Gasteiger partial charge in [0.05, 0.1) is 9.79 Å². The Balaban J connectivity index is 1.31. The van der Waals surface area contributed by atoms with Crippen LogP contribution >= 0.6 is 0 Å². The van der Waals surface area contributed by atoms with Gasteiger partial charge in [-0.15, -0.1) is 0 Å². The molecule has 0 aromatic heterocycles. The minimum atomic E-state index is -3.51. The van der Waals surface area contributed by atoms with Crippen molar-refractivity contribution in [1.29, 1.82) is 0 Å². The van der Waals surface area contributed by atoms with Crippen LogP contribution in [-0.4, -0.2) is 79.0 Å². The van der Waals surface area contributed by atoms with E-state index < -0.39 is 20.0 Å². The lowest BCUT2D eigenvalue weighted by Crippen LogP contribution is -2.47. The lowest BCUT2D eigenvalue weighted by molar-refractivity contribution is 0.131. The van der Waals surface area contributed by atoms with Gasteiger partial charge in [-0.05, 0) is 72.2 Å². The second-order valence-corrected chi connectivity index (χ2v) is 16.3. The molecule has 0 unspecified atom stereocenters. The van der Waals surface area contributed by atoms with Gasteiger partial charge < -0.3 is 9.80 Å². The average Bonchev–Trinajstić information content (AvgIpc) is 2.89. The molecule has 10 heteroatoms. The Labute approximate surface area is 242 Å². The van der Waals surface area contributed by atoms with Gasteiger partial charge in [-0.1, -0.05) is 65.8 Å². The monoisotopic (exact) mass is 592 g/mol. The number of hydrogen-bond donors (Lipinski definition) is 2. The first-order chi connectivity index (χ1) is 18.6. The van der Waals surface area contributed by atoms with Gasteiger partial charge in [0.15, 0.2) is 0 Å². The van der Waals surface area contributed by atoms with Crippen LogP contribution in [0.5, 0.6) is 0 Å². The summed E-state index contributed by atoms with van der Waals surface area (Å²) in [7, 11) is -7.02. The summed E-state index contributed by atoms with van der Waals surface area (Å²) >= 11 is 0. The van der Waals surface area contributed by atoms with Gasteiger partial charge in [0.25, 0.3) is 0 Å². The van der Waals surface area contributed by atoms with E-state index in [1.54, 1.807) is 24.3 Å². The third-order valence-corrected chi connectivity index (χ3v) is 10.4. The second kappa shape index (κ2) is 13.4. The van der Waals surface area contributed by atoms with Crippen molar-refractivity contribution in [2.24, 2.45) is 0 Å². The predicted molar refractivity (Wildman–Crippen MR) is 163 cm³/mol. The van der Waals surface area contributed by atoms with E-state index in [-0.39, 0.29) is 10.8 Å². The van der Waals surface area contributed by atoms with Crippen LogP contribution in [0.4, 0.5) is 0 Å². The normalized spacial score (nSPS) is 16.4. The van der Waals surface area contributed by atoms with Crippen LogP contribution in [0.25, 0.3) is 0 Å². The van der Waals surface area contributed by atoms with Crippen LogP contribution in [0.15, 0.2) is 58.3 Å². The number of benzene rings is 2. The molecule has 0 atom stereocenters. The van der Waals surface area contributed by atoms with Crippen molar-refractivity contribution in [3.63, 3.8) is 0 Å². The van der Waals surface area contributed by atoms with Crippen LogP contribution in [0.1, 0.15) is 65.5 Å². The molecule has 3 rings (SSSR count). The van der Waals surface area contributed by atoms with Crippen LogP contribution in [0.3, 0.4) is 0 Å². The Morgan fingerprint density at radius 2 is 0.875 bits per heavy atom. The minimum absolute atomic E-state index is 0.0172. The van der Waals surface area contributed by atoms with Crippen LogP contribution in [0, 0.1) is 0 Å². The van der Waals surface area contributed by atoms with E-state index >= 15 is 0 Å². The summed E-state index contributed by atoms with van der Waals surface area (Å²) in [4.78, 5) is 5.31. The molecule has 0 amide bonds. The molecule has 0 saturated carbocycles. The molecule has 40 heavy (non-hydrogen) atoms. The maximum atomic E-state index is 12.6. The Kier molecular flexibility index (Phi) is 11.0. The third-order valence-electron chi connectivity index (χ3n) is 7.41. The van der Waals surface area contributed by atoms with E-state index in [4.69, 9.17) is 0 Å². The molecule has 1 aliphatic heterocycles. The van der Waals surface area contributed by atoms with Crippen molar-refractivity contribution in [3.05, 3.63) is 59.7 Å². The molecule has 0 radical (unpaired) electrons. The lowest BCUT2D eigenvalue weighted by atomic mass is 9.87.